The number of fused-ring (bicyclic) bond motifs is 10. The molecule has 0 aliphatic heterocycles. The molecule has 0 spiro atoms. The molecule has 2 aliphatic rings. The minimum Gasteiger partial charge on any atom is -0.506 e. The van der Waals surface area contributed by atoms with E-state index in [-0.39, 0.29) is 0 Å². The number of benzene rings is 3. The van der Waals surface area contributed by atoms with Gasteiger partial charge in [-0.25, -0.2) is 0 Å². The van der Waals surface area contributed by atoms with Crippen LogP contribution in [0.3, 0.4) is 0 Å². The van der Waals surface area contributed by atoms with E-state index in [0.29, 0.717) is 17.6 Å². The number of rotatable bonds is 0. The van der Waals surface area contributed by atoms with Crippen LogP contribution in [0.4, 0.5) is 0 Å². The van der Waals surface area contributed by atoms with Crippen LogP contribution in [0.15, 0.2) is 54.6 Å². The molecule has 1 nitrogen and oxygen atoms in total. The summed E-state index contributed by atoms with van der Waals surface area (Å²) < 4.78 is 2.29. The lowest BCUT2D eigenvalue weighted by molar-refractivity contribution is 0.382. The van der Waals surface area contributed by atoms with E-state index in [1.807, 2.05) is 0 Å². The first-order chi connectivity index (χ1) is 12.8. The molecule has 1 saturated carbocycles. The molecule has 1 aromatic heterocycles. The van der Waals surface area contributed by atoms with Crippen molar-refractivity contribution in [3.8, 4) is 16.9 Å². The van der Waals surface area contributed by atoms with Crippen LogP contribution in [0, 0.1) is 0 Å². The monoisotopic (exact) mass is 356 g/mol. The zero-order valence-electron chi connectivity index (χ0n) is 14.5. The van der Waals surface area contributed by atoms with Gasteiger partial charge in [-0.1, -0.05) is 55.3 Å². The summed E-state index contributed by atoms with van der Waals surface area (Å²) in [6, 6.07) is 19.7. The molecule has 4 aromatic rings. The van der Waals surface area contributed by atoms with Crippen LogP contribution in [-0.2, 0) is 0 Å². The highest BCUT2D eigenvalue weighted by atomic mass is 32.1. The van der Waals surface area contributed by atoms with E-state index in [4.69, 9.17) is 0 Å². The van der Waals surface area contributed by atoms with Crippen LogP contribution < -0.4 is 0 Å². The molecular weight excluding hydrogens is 336 g/mol. The average Bonchev–Trinajstić information content (AvgIpc) is 3.09. The maximum Gasteiger partial charge on any atom is 0.133 e. The zero-order chi connectivity index (χ0) is 17.3. The topological polar surface area (TPSA) is 20.2 Å². The lowest BCUT2D eigenvalue weighted by Gasteiger charge is -2.39. The molecule has 0 saturated heterocycles. The fourth-order valence-corrected chi connectivity index (χ4v) is 6.53. The van der Waals surface area contributed by atoms with Crippen molar-refractivity contribution in [3.63, 3.8) is 0 Å². The highest BCUT2D eigenvalue weighted by Gasteiger charge is 2.37. The zero-order valence-corrected chi connectivity index (χ0v) is 15.4. The molecule has 2 unspecified atom stereocenters. The third-order valence-electron chi connectivity index (χ3n) is 6.45. The fourth-order valence-electron chi connectivity index (χ4n) is 5.41. The van der Waals surface area contributed by atoms with Crippen LogP contribution in [0.5, 0.6) is 5.75 Å². The maximum absolute atomic E-state index is 10.9. The quantitative estimate of drug-likeness (QED) is 0.354. The van der Waals surface area contributed by atoms with Crippen LogP contribution in [0.2, 0.25) is 0 Å². The van der Waals surface area contributed by atoms with Gasteiger partial charge < -0.3 is 5.11 Å². The number of phenolic OH excluding ortho intramolecular Hbond substituents is 1. The minimum absolute atomic E-state index is 0.462. The summed E-state index contributed by atoms with van der Waals surface area (Å²) >= 11 is 1.72. The third kappa shape index (κ3) is 1.86. The lowest BCUT2D eigenvalue weighted by Crippen LogP contribution is -2.21. The summed E-state index contributed by atoms with van der Waals surface area (Å²) in [6.07, 6.45) is 5.12. The van der Waals surface area contributed by atoms with Gasteiger partial charge in [0.1, 0.15) is 5.75 Å². The van der Waals surface area contributed by atoms with Gasteiger partial charge in [-0.15, -0.1) is 11.3 Å². The molecule has 6 rings (SSSR count). The highest BCUT2D eigenvalue weighted by molar-refractivity contribution is 7.26. The van der Waals surface area contributed by atoms with Crippen molar-refractivity contribution in [2.45, 2.75) is 37.5 Å². The summed E-state index contributed by atoms with van der Waals surface area (Å²) in [6.45, 7) is 0. The predicted molar refractivity (Wildman–Crippen MR) is 110 cm³/mol. The molecule has 0 bridgehead atoms. The first-order valence-electron chi connectivity index (χ1n) is 9.59. The van der Waals surface area contributed by atoms with E-state index >= 15 is 0 Å². The summed E-state index contributed by atoms with van der Waals surface area (Å²) in [5, 5.41) is 13.4. The van der Waals surface area contributed by atoms with E-state index in [2.05, 4.69) is 54.6 Å². The van der Waals surface area contributed by atoms with Crippen LogP contribution in [-0.4, -0.2) is 5.11 Å². The maximum atomic E-state index is 10.9. The van der Waals surface area contributed by atoms with Crippen molar-refractivity contribution in [1.29, 1.82) is 0 Å². The summed E-state index contributed by atoms with van der Waals surface area (Å²) in [5.74, 6) is 1.61. The molecule has 0 amide bonds. The summed E-state index contributed by atoms with van der Waals surface area (Å²) in [5.41, 5.74) is 5.67. The third-order valence-corrected chi connectivity index (χ3v) is 7.65. The molecule has 2 aliphatic carbocycles. The number of phenols is 1. The van der Waals surface area contributed by atoms with Crippen LogP contribution in [0.1, 0.15) is 48.6 Å². The number of hydrogen-bond acceptors (Lipinski definition) is 2. The van der Waals surface area contributed by atoms with Crippen molar-refractivity contribution >= 4 is 31.5 Å². The Balaban J connectivity index is 1.81. The molecular formula is C24H20OS. The Bertz CT molecular complexity index is 1170. The molecule has 2 atom stereocenters. The van der Waals surface area contributed by atoms with E-state index < -0.39 is 0 Å². The van der Waals surface area contributed by atoms with Crippen molar-refractivity contribution < 1.29 is 5.11 Å². The van der Waals surface area contributed by atoms with Gasteiger partial charge in [0.2, 0.25) is 0 Å². The number of hydrogen-bond donors (Lipinski definition) is 1. The van der Waals surface area contributed by atoms with Crippen molar-refractivity contribution in [1.82, 2.24) is 0 Å². The number of aromatic hydroxyl groups is 1. The normalized spacial score (nSPS) is 21.4. The molecule has 128 valence electrons. The first-order valence-corrected chi connectivity index (χ1v) is 10.4. The molecule has 1 fully saturated rings. The van der Waals surface area contributed by atoms with E-state index in [1.54, 1.807) is 11.3 Å². The molecule has 26 heavy (non-hydrogen) atoms. The van der Waals surface area contributed by atoms with Crippen molar-refractivity contribution in [2.75, 3.05) is 0 Å². The Morgan fingerprint density at radius 3 is 2.46 bits per heavy atom. The summed E-state index contributed by atoms with van der Waals surface area (Å²) in [7, 11) is 0. The smallest absolute Gasteiger partial charge is 0.133 e. The molecule has 2 heteroatoms. The molecule has 0 radical (unpaired) electrons. The molecule has 3 aromatic carbocycles. The predicted octanol–water partition coefficient (Wildman–Crippen LogP) is 7.18. The van der Waals surface area contributed by atoms with Gasteiger partial charge in [0.15, 0.2) is 0 Å². The van der Waals surface area contributed by atoms with Crippen LogP contribution in [0.25, 0.3) is 31.3 Å². The molecule has 1 heterocycles. The van der Waals surface area contributed by atoms with Gasteiger partial charge in [0.25, 0.3) is 0 Å². The number of thiophene rings is 1. The van der Waals surface area contributed by atoms with Gasteiger partial charge >= 0.3 is 0 Å². The van der Waals surface area contributed by atoms with Gasteiger partial charge in [-0.05, 0) is 59.1 Å². The first kappa shape index (κ1) is 14.8. The Morgan fingerprint density at radius 2 is 1.58 bits per heavy atom. The SMILES string of the molecule is Oc1cc2c(c3c1sc1ccccc13)-c1ccccc1C1CCCCC21. The van der Waals surface area contributed by atoms with Gasteiger partial charge in [-0.2, -0.15) is 0 Å². The van der Waals surface area contributed by atoms with Crippen molar-refractivity contribution in [3.05, 3.63) is 65.7 Å². The van der Waals surface area contributed by atoms with Crippen molar-refractivity contribution in [2.24, 2.45) is 0 Å². The Labute approximate surface area is 156 Å². The highest BCUT2D eigenvalue weighted by Crippen LogP contribution is 2.57. The van der Waals surface area contributed by atoms with Gasteiger partial charge in [-0.3, -0.25) is 0 Å². The van der Waals surface area contributed by atoms with E-state index in [0.717, 1.165) is 4.70 Å². The second-order valence-electron chi connectivity index (χ2n) is 7.75. The van der Waals surface area contributed by atoms with Gasteiger partial charge in [0.05, 0.1) is 4.70 Å². The standard InChI is InChI=1S/C24H20OS/c25-20-13-19-16-9-2-1-7-14(16)15-8-3-4-10-17(15)22(19)23-18-11-5-6-12-21(18)26-24(20)23/h3-6,8,10-14,16,25H,1-2,7,9H2. The van der Waals surface area contributed by atoms with Gasteiger partial charge in [0, 0.05) is 15.5 Å². The Kier molecular flexibility index (Phi) is 3.04. The molecule has 1 N–H and O–H groups in total. The average molecular weight is 356 g/mol. The summed E-state index contributed by atoms with van der Waals surface area (Å²) in [4.78, 5) is 0. The second-order valence-corrected chi connectivity index (χ2v) is 8.80. The Morgan fingerprint density at radius 1 is 0.846 bits per heavy atom. The second kappa shape index (κ2) is 5.34. The van der Waals surface area contributed by atoms with E-state index in [9.17, 15) is 5.11 Å². The lowest BCUT2D eigenvalue weighted by atomic mass is 9.65. The van der Waals surface area contributed by atoms with Crippen LogP contribution >= 0.6 is 11.3 Å². The largest absolute Gasteiger partial charge is 0.506 e. The van der Waals surface area contributed by atoms with E-state index in [1.165, 1.54) is 63.4 Å². The Hall–Kier alpha value is -2.32. The minimum atomic E-state index is 0.462. The fraction of sp³-hybridized carbons (Fsp3) is 0.250.